The van der Waals surface area contributed by atoms with Gasteiger partial charge in [0, 0.05) is 0 Å². The van der Waals surface area contributed by atoms with Crippen molar-refractivity contribution in [2.45, 2.75) is 19.3 Å². The van der Waals surface area contributed by atoms with Gasteiger partial charge in [0.25, 0.3) is 0 Å². The Bertz CT molecular complexity index is 178. The van der Waals surface area contributed by atoms with Gasteiger partial charge in [-0.1, -0.05) is 6.42 Å². The maximum absolute atomic E-state index is 2.37. The van der Waals surface area contributed by atoms with E-state index in [4.69, 9.17) is 0 Å². The number of hydrogen-bond acceptors (Lipinski definition) is 0. The van der Waals surface area contributed by atoms with Gasteiger partial charge in [0.2, 0.25) is 0 Å². The Hall–Kier alpha value is 0.0231. The number of rotatable bonds is 0. The number of hydrogen-bond donors (Lipinski definition) is 0. The molecule has 2 aliphatic carbocycles. The minimum absolute atomic E-state index is 0. The maximum atomic E-state index is 2.37. The average Bonchev–Trinajstić information content (AvgIpc) is 2.33. The van der Waals surface area contributed by atoms with E-state index in [1.54, 1.807) is 5.57 Å². The fourth-order valence-corrected chi connectivity index (χ4v) is 1.66. The van der Waals surface area contributed by atoms with Crippen LogP contribution in [-0.2, 0) is 26.2 Å². The number of halogens is 3. The van der Waals surface area contributed by atoms with Crippen LogP contribution in [0.5, 0.6) is 0 Å². The summed E-state index contributed by atoms with van der Waals surface area (Å²) in [6.45, 7) is 0. The van der Waals surface area contributed by atoms with Gasteiger partial charge in [-0.25, -0.2) is 18.1 Å². The summed E-state index contributed by atoms with van der Waals surface area (Å²) >= 11 is 0. The predicted octanol–water partition coefficient (Wildman–Crippen LogP) is -6.50. The van der Waals surface area contributed by atoms with E-state index in [-0.39, 0.29) is 40.3 Å². The van der Waals surface area contributed by atoms with E-state index in [1.165, 1.54) is 19.3 Å². The summed E-state index contributed by atoms with van der Waals surface area (Å²) in [5.74, 6) is 0.884. The second-order valence-corrected chi connectivity index (χ2v) is 2.81. The second-order valence-electron chi connectivity index (χ2n) is 2.81. The molecule has 0 aliphatic heterocycles. The molecule has 0 N–H and O–H groups in total. The van der Waals surface area contributed by atoms with E-state index < -0.39 is 0 Å². The zero-order valence-corrected chi connectivity index (χ0v) is 9.60. The van der Waals surface area contributed by atoms with E-state index in [0.717, 1.165) is 5.92 Å². The first-order valence-corrected chi connectivity index (χ1v) is 3.67. The smallest absolute Gasteiger partial charge is 1.00 e. The molecule has 1 unspecified atom stereocenters. The van der Waals surface area contributed by atoms with Gasteiger partial charge < -0.3 is 14.1 Å². The summed E-state index contributed by atoms with van der Waals surface area (Å²) in [7, 11) is 0. The minimum Gasteiger partial charge on any atom is -1.00 e. The first kappa shape index (κ1) is 18.7. The molecule has 2 aliphatic rings. The molecule has 0 amide bonds. The predicted molar refractivity (Wildman–Crippen MR) is 38.9 cm³/mol. The number of allylic oxidation sites excluding steroid dienone is 4. The summed E-state index contributed by atoms with van der Waals surface area (Å²) in [5.41, 5.74) is 1.58. The van der Waals surface area contributed by atoms with Crippen molar-refractivity contribution in [2.24, 2.45) is 5.92 Å². The van der Waals surface area contributed by atoms with Gasteiger partial charge in [-0.3, -0.25) is 0 Å². The molecule has 0 heterocycles. The monoisotopic (exact) mass is 266 g/mol. The van der Waals surface area contributed by atoms with Crippen LogP contribution in [0.1, 0.15) is 19.3 Å². The van der Waals surface area contributed by atoms with Gasteiger partial charge in [0.1, 0.15) is 0 Å². The first-order chi connectivity index (χ1) is 4.47. The van der Waals surface area contributed by atoms with Crippen molar-refractivity contribution in [1.29, 1.82) is 0 Å². The van der Waals surface area contributed by atoms with Crippen molar-refractivity contribution in [3.63, 3.8) is 0 Å². The largest absolute Gasteiger partial charge is 4.00 e. The molecule has 72 valence electrons. The topological polar surface area (TPSA) is 0 Å². The van der Waals surface area contributed by atoms with Crippen molar-refractivity contribution < 1.29 is 40.3 Å². The van der Waals surface area contributed by atoms with Crippen LogP contribution < -0.4 is 14.1 Å². The molecule has 1 saturated carbocycles. The molecular formula is C9H11F3Zr. The van der Waals surface area contributed by atoms with E-state index in [2.05, 4.69) is 24.6 Å². The molecule has 4 heteroatoms. The molecule has 0 nitrogen and oxygen atoms in total. The van der Waals surface area contributed by atoms with Crippen LogP contribution in [-0.4, -0.2) is 0 Å². The summed E-state index contributed by atoms with van der Waals surface area (Å²) in [6.07, 6.45) is 13.0. The van der Waals surface area contributed by atoms with Gasteiger partial charge in [0.15, 0.2) is 0 Å². The Morgan fingerprint density at radius 1 is 1.23 bits per heavy atom. The molecule has 0 bridgehead atoms. The second kappa shape index (κ2) is 8.61. The van der Waals surface area contributed by atoms with Crippen molar-refractivity contribution >= 4 is 0 Å². The Morgan fingerprint density at radius 2 is 1.92 bits per heavy atom. The zero-order valence-electron chi connectivity index (χ0n) is 7.14. The Kier molecular flexibility index (Phi) is 12.4. The van der Waals surface area contributed by atoms with Gasteiger partial charge in [-0.15, -0.1) is 18.6 Å². The molecule has 13 heavy (non-hydrogen) atoms. The van der Waals surface area contributed by atoms with E-state index >= 15 is 0 Å². The molecule has 1 atom stereocenters. The molecule has 0 radical (unpaired) electrons. The molecule has 0 aromatic heterocycles. The van der Waals surface area contributed by atoms with Crippen molar-refractivity contribution in [2.75, 3.05) is 0 Å². The standard InChI is InChI=1S/C9H11.3FH.Zr/c1-2-5-9-7-3-6-8(9)4-1;;;;/h1-2,4,6,9H,3,5,7H2;3*1H;/q-1;;;;+4/p-3. The van der Waals surface area contributed by atoms with Gasteiger partial charge >= 0.3 is 26.2 Å². The quantitative estimate of drug-likeness (QED) is 0.383. The number of fused-ring (bicyclic) bond motifs is 1. The maximum Gasteiger partial charge on any atom is 4.00 e. The fourth-order valence-electron chi connectivity index (χ4n) is 1.66. The normalized spacial score (nSPS) is 21.5. The minimum atomic E-state index is 0. The summed E-state index contributed by atoms with van der Waals surface area (Å²) in [5, 5.41) is 0. The van der Waals surface area contributed by atoms with Crippen LogP contribution in [0.15, 0.2) is 23.8 Å². The van der Waals surface area contributed by atoms with Crippen LogP contribution in [0, 0.1) is 12.3 Å². The van der Waals surface area contributed by atoms with Crippen LogP contribution in [0.4, 0.5) is 0 Å². The molecule has 0 saturated heterocycles. The third kappa shape index (κ3) is 4.17. The third-order valence-corrected chi connectivity index (χ3v) is 2.21. The van der Waals surface area contributed by atoms with E-state index in [0.29, 0.717) is 0 Å². The van der Waals surface area contributed by atoms with Crippen molar-refractivity contribution in [3.05, 3.63) is 30.2 Å². The van der Waals surface area contributed by atoms with Crippen molar-refractivity contribution in [1.82, 2.24) is 0 Å². The van der Waals surface area contributed by atoms with Gasteiger partial charge in [-0.2, -0.15) is 0 Å². The van der Waals surface area contributed by atoms with E-state index in [9.17, 15) is 0 Å². The SMILES string of the molecule is C1=CCC2CC[CH-]C2=C1.[F-].[F-].[F-].[Zr+4]. The molecule has 2 rings (SSSR count). The Morgan fingerprint density at radius 3 is 2.54 bits per heavy atom. The van der Waals surface area contributed by atoms with Crippen LogP contribution in [0.2, 0.25) is 0 Å². The Balaban J connectivity index is -0.000000250. The summed E-state index contributed by atoms with van der Waals surface area (Å²) in [4.78, 5) is 0. The van der Waals surface area contributed by atoms with Crippen LogP contribution >= 0.6 is 0 Å². The summed E-state index contributed by atoms with van der Waals surface area (Å²) in [6, 6.07) is 0. The molecule has 0 aromatic rings. The van der Waals surface area contributed by atoms with E-state index in [1.807, 2.05) is 0 Å². The summed E-state index contributed by atoms with van der Waals surface area (Å²) < 4.78 is 0. The molecule has 1 fully saturated rings. The van der Waals surface area contributed by atoms with Crippen LogP contribution in [0.25, 0.3) is 0 Å². The molecule has 0 spiro atoms. The first-order valence-electron chi connectivity index (χ1n) is 3.67. The van der Waals surface area contributed by atoms with Crippen LogP contribution in [0.3, 0.4) is 0 Å². The fraction of sp³-hybridized carbons (Fsp3) is 0.444. The zero-order chi connectivity index (χ0) is 6.10. The van der Waals surface area contributed by atoms with Crippen molar-refractivity contribution in [3.8, 4) is 0 Å². The Labute approximate surface area is 95.7 Å². The third-order valence-electron chi connectivity index (χ3n) is 2.21. The molecule has 0 aromatic carbocycles. The average molecular weight is 267 g/mol. The van der Waals surface area contributed by atoms with Gasteiger partial charge in [0.05, 0.1) is 0 Å². The molecular weight excluding hydrogens is 256 g/mol. The van der Waals surface area contributed by atoms with Gasteiger partial charge in [-0.05, 0) is 12.3 Å².